The van der Waals surface area contributed by atoms with Gasteiger partial charge in [-0.1, -0.05) is 35.0 Å². The molecule has 1 heterocycles. The molecule has 0 amide bonds. The first-order valence-electron chi connectivity index (χ1n) is 6.27. The molecule has 102 valence electrons. The molecule has 0 saturated heterocycles. The number of hydrogen-bond donors (Lipinski definition) is 1. The van der Waals surface area contributed by atoms with Crippen molar-refractivity contribution >= 4 is 31.9 Å². The van der Waals surface area contributed by atoms with Gasteiger partial charge in [-0.2, -0.15) is 5.10 Å². The molecule has 2 aromatic rings. The van der Waals surface area contributed by atoms with Gasteiger partial charge in [0.2, 0.25) is 0 Å². The van der Waals surface area contributed by atoms with Crippen LogP contribution in [-0.2, 0) is 6.54 Å². The minimum Gasteiger partial charge on any atom is -0.319 e. The first kappa shape index (κ1) is 14.8. The minimum atomic E-state index is -0.196. The molecule has 0 fully saturated rings. The smallest absolute Gasteiger partial charge is 0.0745 e. The minimum absolute atomic E-state index is 0.196. The summed E-state index contributed by atoms with van der Waals surface area (Å²) in [6.07, 6.45) is 2.84. The third kappa shape index (κ3) is 3.09. The third-order valence-corrected chi connectivity index (χ3v) is 4.35. The number of nitrogens with zero attached hydrogens (tertiary/aromatic N) is 2. The molecule has 2 N–H and O–H groups in total. The van der Waals surface area contributed by atoms with Gasteiger partial charge in [-0.15, -0.1) is 0 Å². The van der Waals surface area contributed by atoms with E-state index in [-0.39, 0.29) is 6.04 Å². The van der Waals surface area contributed by atoms with Crippen LogP contribution < -0.4 is 5.73 Å². The highest BCUT2D eigenvalue weighted by Gasteiger charge is 2.19. The SMILES string of the molecule is CCCn1ncc(Br)c1C(N)c1ccc(C)cc1Br. The zero-order chi connectivity index (χ0) is 14.0. The van der Waals surface area contributed by atoms with Gasteiger partial charge in [0.15, 0.2) is 0 Å². The van der Waals surface area contributed by atoms with Crippen molar-refractivity contribution < 1.29 is 0 Å². The summed E-state index contributed by atoms with van der Waals surface area (Å²) in [5.41, 5.74) is 9.73. The monoisotopic (exact) mass is 385 g/mol. The molecule has 2 rings (SSSR count). The number of aromatic nitrogens is 2. The van der Waals surface area contributed by atoms with Gasteiger partial charge in [0.1, 0.15) is 0 Å². The fourth-order valence-corrected chi connectivity index (χ4v) is 3.39. The number of rotatable bonds is 4. The Morgan fingerprint density at radius 2 is 2.05 bits per heavy atom. The standard InChI is InChI=1S/C14H17Br2N3/c1-3-6-19-14(12(16)8-18-19)13(17)10-5-4-9(2)7-11(10)15/h4-5,7-8,13H,3,6,17H2,1-2H3. The van der Waals surface area contributed by atoms with E-state index in [0.29, 0.717) is 0 Å². The fourth-order valence-electron chi connectivity index (χ4n) is 2.10. The van der Waals surface area contributed by atoms with Crippen LogP contribution in [0, 0.1) is 6.92 Å². The van der Waals surface area contributed by atoms with Gasteiger partial charge in [-0.25, -0.2) is 0 Å². The van der Waals surface area contributed by atoms with E-state index < -0.39 is 0 Å². The van der Waals surface area contributed by atoms with Crippen LogP contribution in [0.1, 0.15) is 36.2 Å². The quantitative estimate of drug-likeness (QED) is 0.856. The lowest BCUT2D eigenvalue weighted by Gasteiger charge is -2.17. The molecule has 0 saturated carbocycles. The first-order valence-corrected chi connectivity index (χ1v) is 7.86. The predicted molar refractivity (Wildman–Crippen MR) is 85.1 cm³/mol. The van der Waals surface area contributed by atoms with Gasteiger partial charge in [0, 0.05) is 11.0 Å². The first-order chi connectivity index (χ1) is 9.04. The Balaban J connectivity index is 2.43. The third-order valence-electron chi connectivity index (χ3n) is 3.05. The Kier molecular flexibility index (Phi) is 4.81. The molecule has 1 aromatic heterocycles. The topological polar surface area (TPSA) is 43.8 Å². The Labute approximate surface area is 130 Å². The second-order valence-corrected chi connectivity index (χ2v) is 6.31. The van der Waals surface area contributed by atoms with Crippen molar-refractivity contribution in [2.75, 3.05) is 0 Å². The van der Waals surface area contributed by atoms with Crippen LogP contribution >= 0.6 is 31.9 Å². The Morgan fingerprint density at radius 3 is 2.68 bits per heavy atom. The lowest BCUT2D eigenvalue weighted by atomic mass is 10.0. The molecule has 1 aromatic carbocycles. The van der Waals surface area contributed by atoms with Crippen molar-refractivity contribution in [2.24, 2.45) is 5.73 Å². The second-order valence-electron chi connectivity index (χ2n) is 4.60. The van der Waals surface area contributed by atoms with E-state index in [2.05, 4.69) is 69.0 Å². The van der Waals surface area contributed by atoms with Crippen LogP contribution in [0.15, 0.2) is 33.3 Å². The van der Waals surface area contributed by atoms with Crippen LogP contribution in [0.3, 0.4) is 0 Å². The molecule has 0 radical (unpaired) electrons. The van der Waals surface area contributed by atoms with E-state index in [0.717, 1.165) is 33.2 Å². The maximum atomic E-state index is 6.42. The van der Waals surface area contributed by atoms with Gasteiger partial charge in [-0.05, 0) is 46.5 Å². The summed E-state index contributed by atoms with van der Waals surface area (Å²) in [7, 11) is 0. The molecule has 19 heavy (non-hydrogen) atoms. The maximum Gasteiger partial charge on any atom is 0.0745 e. The van der Waals surface area contributed by atoms with Crippen molar-refractivity contribution in [1.29, 1.82) is 0 Å². The zero-order valence-electron chi connectivity index (χ0n) is 11.0. The molecule has 0 aliphatic carbocycles. The van der Waals surface area contributed by atoms with E-state index in [1.54, 1.807) is 0 Å². The molecule has 0 bridgehead atoms. The Bertz CT molecular complexity index is 578. The largest absolute Gasteiger partial charge is 0.319 e. The number of nitrogens with two attached hydrogens (primary N) is 1. The highest BCUT2D eigenvalue weighted by Crippen LogP contribution is 2.31. The summed E-state index contributed by atoms with van der Waals surface area (Å²) in [4.78, 5) is 0. The number of benzene rings is 1. The molecule has 3 nitrogen and oxygen atoms in total. The van der Waals surface area contributed by atoms with E-state index in [9.17, 15) is 0 Å². The second kappa shape index (κ2) is 6.20. The number of halogens is 2. The summed E-state index contributed by atoms with van der Waals surface area (Å²) in [6.45, 7) is 5.07. The molecule has 0 spiro atoms. The Hall–Kier alpha value is -0.650. The van der Waals surface area contributed by atoms with Crippen LogP contribution in [0.25, 0.3) is 0 Å². The molecule has 1 unspecified atom stereocenters. The van der Waals surface area contributed by atoms with Crippen LogP contribution in [-0.4, -0.2) is 9.78 Å². The average molecular weight is 387 g/mol. The molecule has 0 aliphatic heterocycles. The zero-order valence-corrected chi connectivity index (χ0v) is 14.2. The lowest BCUT2D eigenvalue weighted by molar-refractivity contribution is 0.558. The van der Waals surface area contributed by atoms with E-state index >= 15 is 0 Å². The van der Waals surface area contributed by atoms with Gasteiger partial charge in [-0.3, -0.25) is 4.68 Å². The van der Waals surface area contributed by atoms with Crippen molar-refractivity contribution in [1.82, 2.24) is 9.78 Å². The summed E-state index contributed by atoms with van der Waals surface area (Å²) < 4.78 is 3.97. The van der Waals surface area contributed by atoms with Crippen molar-refractivity contribution in [3.05, 3.63) is 50.2 Å². The molecular formula is C14H17Br2N3. The number of hydrogen-bond acceptors (Lipinski definition) is 2. The van der Waals surface area contributed by atoms with Crippen LogP contribution in [0.4, 0.5) is 0 Å². The van der Waals surface area contributed by atoms with E-state index in [1.165, 1.54) is 5.56 Å². The summed E-state index contributed by atoms with van der Waals surface area (Å²) in [6, 6.07) is 6.04. The summed E-state index contributed by atoms with van der Waals surface area (Å²) in [5.74, 6) is 0. The normalized spacial score (nSPS) is 12.7. The summed E-state index contributed by atoms with van der Waals surface area (Å²) >= 11 is 7.14. The van der Waals surface area contributed by atoms with Gasteiger partial charge >= 0.3 is 0 Å². The molecular weight excluding hydrogens is 370 g/mol. The van der Waals surface area contributed by atoms with Crippen molar-refractivity contribution in [3.8, 4) is 0 Å². The van der Waals surface area contributed by atoms with Crippen LogP contribution in [0.5, 0.6) is 0 Å². The predicted octanol–water partition coefficient (Wildman–Crippen LogP) is 4.17. The molecule has 0 aliphatic rings. The van der Waals surface area contributed by atoms with Gasteiger partial charge < -0.3 is 5.73 Å². The van der Waals surface area contributed by atoms with Gasteiger partial charge in [0.05, 0.1) is 22.4 Å². The van der Waals surface area contributed by atoms with Crippen molar-refractivity contribution in [3.63, 3.8) is 0 Å². The van der Waals surface area contributed by atoms with E-state index in [1.807, 2.05) is 10.9 Å². The summed E-state index contributed by atoms with van der Waals surface area (Å²) in [5, 5.41) is 4.37. The average Bonchev–Trinajstić information content (AvgIpc) is 2.70. The Morgan fingerprint density at radius 1 is 1.32 bits per heavy atom. The van der Waals surface area contributed by atoms with Crippen molar-refractivity contribution in [2.45, 2.75) is 32.9 Å². The van der Waals surface area contributed by atoms with Gasteiger partial charge in [0.25, 0.3) is 0 Å². The van der Waals surface area contributed by atoms with E-state index in [4.69, 9.17) is 5.73 Å². The fraction of sp³-hybridized carbons (Fsp3) is 0.357. The maximum absolute atomic E-state index is 6.42. The molecule has 5 heteroatoms. The van der Waals surface area contributed by atoms with Crippen LogP contribution in [0.2, 0.25) is 0 Å². The molecule has 1 atom stereocenters. The lowest BCUT2D eigenvalue weighted by Crippen LogP contribution is -2.18. The highest BCUT2D eigenvalue weighted by molar-refractivity contribution is 9.10. The highest BCUT2D eigenvalue weighted by atomic mass is 79.9. The number of aryl methyl sites for hydroxylation is 2.